The molecule has 5 nitrogen and oxygen atoms in total. The van der Waals surface area contributed by atoms with Gasteiger partial charge in [0.2, 0.25) is 5.91 Å². The van der Waals surface area contributed by atoms with E-state index in [-0.39, 0.29) is 16.7 Å². The van der Waals surface area contributed by atoms with E-state index in [1.807, 2.05) is 52.0 Å². The van der Waals surface area contributed by atoms with Crippen LogP contribution in [0.1, 0.15) is 28.8 Å². The quantitative estimate of drug-likeness (QED) is 0.689. The molecule has 0 aliphatic carbocycles. The van der Waals surface area contributed by atoms with Gasteiger partial charge in [0.1, 0.15) is 10.7 Å². The number of aromatic nitrogens is 2. The first kappa shape index (κ1) is 18.7. The number of rotatable bonds is 5. The van der Waals surface area contributed by atoms with Crippen LogP contribution in [0.15, 0.2) is 29.1 Å². The van der Waals surface area contributed by atoms with E-state index in [1.54, 1.807) is 0 Å². The molecule has 2 N–H and O–H groups in total. The van der Waals surface area contributed by atoms with Gasteiger partial charge in [0.05, 0.1) is 16.4 Å². The number of nitrogens with one attached hydrogen (secondary N) is 2. The summed E-state index contributed by atoms with van der Waals surface area (Å²) in [6.07, 6.45) is 0. The molecule has 0 saturated carbocycles. The summed E-state index contributed by atoms with van der Waals surface area (Å²) >= 11 is 2.98. The van der Waals surface area contributed by atoms with Crippen molar-refractivity contribution in [2.45, 2.75) is 38.7 Å². The second-order valence-electron chi connectivity index (χ2n) is 6.29. The van der Waals surface area contributed by atoms with Crippen LogP contribution in [0.5, 0.6) is 0 Å². The summed E-state index contributed by atoms with van der Waals surface area (Å²) < 4.78 is 0. The summed E-state index contributed by atoms with van der Waals surface area (Å²) in [4.78, 5) is 33.9. The van der Waals surface area contributed by atoms with Crippen molar-refractivity contribution in [3.05, 3.63) is 56.4 Å². The number of thioether (sulfide) groups is 1. The summed E-state index contributed by atoms with van der Waals surface area (Å²) in [7, 11) is 0. The standard InChI is InChI=1S/C19H21N3O2S2/c1-10-6-5-7-14(8-10)20-17(23)13(4)25-9-15-21-18(24)16-11(2)12(3)26-19(16)22-15/h5-8,13H,9H2,1-4H3,(H,20,23)(H,21,22,24)/t13-/m0/s1. The molecule has 0 radical (unpaired) electrons. The van der Waals surface area contributed by atoms with Gasteiger partial charge in [-0.3, -0.25) is 9.59 Å². The van der Waals surface area contributed by atoms with Crippen LogP contribution in [0.2, 0.25) is 0 Å². The fourth-order valence-corrected chi connectivity index (χ4v) is 4.42. The summed E-state index contributed by atoms with van der Waals surface area (Å²) in [6, 6.07) is 7.71. The van der Waals surface area contributed by atoms with Crippen molar-refractivity contribution >= 4 is 44.9 Å². The first-order valence-electron chi connectivity index (χ1n) is 8.33. The number of nitrogens with zero attached hydrogens (tertiary/aromatic N) is 1. The highest BCUT2D eigenvalue weighted by Crippen LogP contribution is 2.26. The lowest BCUT2D eigenvalue weighted by Gasteiger charge is -2.12. The summed E-state index contributed by atoms with van der Waals surface area (Å²) in [6.45, 7) is 7.77. The number of carbonyl (C=O) groups excluding carboxylic acids is 1. The number of anilines is 1. The average Bonchev–Trinajstić information content (AvgIpc) is 2.87. The van der Waals surface area contributed by atoms with Gasteiger partial charge in [0.15, 0.2) is 0 Å². The van der Waals surface area contributed by atoms with Gasteiger partial charge >= 0.3 is 0 Å². The molecule has 0 saturated heterocycles. The molecule has 26 heavy (non-hydrogen) atoms. The number of aromatic amines is 1. The van der Waals surface area contributed by atoms with Crippen molar-refractivity contribution in [3.63, 3.8) is 0 Å². The number of hydrogen-bond donors (Lipinski definition) is 2. The van der Waals surface area contributed by atoms with Gasteiger partial charge in [-0.15, -0.1) is 23.1 Å². The monoisotopic (exact) mass is 387 g/mol. The smallest absolute Gasteiger partial charge is 0.259 e. The van der Waals surface area contributed by atoms with E-state index in [9.17, 15) is 9.59 Å². The fourth-order valence-electron chi connectivity index (χ4n) is 2.61. The lowest BCUT2D eigenvalue weighted by atomic mass is 10.2. The first-order valence-corrected chi connectivity index (χ1v) is 10.2. The van der Waals surface area contributed by atoms with Gasteiger partial charge in [-0.1, -0.05) is 12.1 Å². The number of hydrogen-bond acceptors (Lipinski definition) is 5. The molecule has 2 heterocycles. The fraction of sp³-hybridized carbons (Fsp3) is 0.316. The highest BCUT2D eigenvalue weighted by molar-refractivity contribution is 7.99. The second-order valence-corrected chi connectivity index (χ2v) is 8.82. The van der Waals surface area contributed by atoms with Crippen LogP contribution in [0, 0.1) is 20.8 Å². The highest BCUT2D eigenvalue weighted by Gasteiger charge is 2.16. The predicted molar refractivity (Wildman–Crippen MR) is 110 cm³/mol. The van der Waals surface area contributed by atoms with Crippen LogP contribution < -0.4 is 10.9 Å². The van der Waals surface area contributed by atoms with Crippen LogP contribution in [-0.4, -0.2) is 21.1 Å². The van der Waals surface area contributed by atoms with Gasteiger partial charge in [-0.2, -0.15) is 0 Å². The molecule has 1 atom stereocenters. The molecular formula is C19H21N3O2S2. The third-order valence-electron chi connectivity index (χ3n) is 4.21. The largest absolute Gasteiger partial charge is 0.325 e. The van der Waals surface area contributed by atoms with E-state index in [0.717, 1.165) is 26.5 Å². The lowest BCUT2D eigenvalue weighted by Crippen LogP contribution is -2.23. The van der Waals surface area contributed by atoms with E-state index in [2.05, 4.69) is 15.3 Å². The Morgan fingerprint density at radius 2 is 2.12 bits per heavy atom. The Bertz CT molecular complexity index is 1020. The summed E-state index contributed by atoms with van der Waals surface area (Å²) in [5, 5.41) is 3.33. The van der Waals surface area contributed by atoms with Crippen molar-refractivity contribution in [1.82, 2.24) is 9.97 Å². The van der Waals surface area contributed by atoms with Crippen LogP contribution >= 0.6 is 23.1 Å². The average molecular weight is 388 g/mol. The summed E-state index contributed by atoms with van der Waals surface area (Å²) in [5.41, 5.74) is 2.77. The first-order chi connectivity index (χ1) is 12.3. The van der Waals surface area contributed by atoms with E-state index in [4.69, 9.17) is 0 Å². The van der Waals surface area contributed by atoms with Gasteiger partial charge in [0, 0.05) is 10.6 Å². The van der Waals surface area contributed by atoms with E-state index >= 15 is 0 Å². The molecular weight excluding hydrogens is 366 g/mol. The Labute approximate surface area is 160 Å². The van der Waals surface area contributed by atoms with Crippen LogP contribution in [0.4, 0.5) is 5.69 Å². The Hall–Kier alpha value is -2.12. The molecule has 0 bridgehead atoms. The molecule has 3 aromatic rings. The van der Waals surface area contributed by atoms with Crippen molar-refractivity contribution < 1.29 is 4.79 Å². The minimum Gasteiger partial charge on any atom is -0.325 e. The summed E-state index contributed by atoms with van der Waals surface area (Å²) in [5.74, 6) is 1.01. The number of fused-ring (bicyclic) bond motifs is 1. The zero-order valence-corrected chi connectivity index (χ0v) is 16.8. The van der Waals surface area contributed by atoms with E-state index in [0.29, 0.717) is 17.0 Å². The minimum atomic E-state index is -0.261. The van der Waals surface area contributed by atoms with Crippen LogP contribution in [0.3, 0.4) is 0 Å². The Morgan fingerprint density at radius 3 is 2.85 bits per heavy atom. The molecule has 1 amide bonds. The van der Waals surface area contributed by atoms with Crippen LogP contribution in [0.25, 0.3) is 10.2 Å². The molecule has 0 spiro atoms. The van der Waals surface area contributed by atoms with Gasteiger partial charge in [-0.25, -0.2) is 4.98 Å². The molecule has 0 unspecified atom stereocenters. The maximum Gasteiger partial charge on any atom is 0.259 e. The Kier molecular flexibility index (Phi) is 5.48. The zero-order chi connectivity index (χ0) is 18.8. The maximum absolute atomic E-state index is 12.4. The molecule has 0 aliphatic heterocycles. The third-order valence-corrected chi connectivity index (χ3v) is 6.47. The lowest BCUT2D eigenvalue weighted by molar-refractivity contribution is -0.115. The number of thiophene rings is 1. The zero-order valence-electron chi connectivity index (χ0n) is 15.2. The van der Waals surface area contributed by atoms with Crippen molar-refractivity contribution in [2.75, 3.05) is 5.32 Å². The van der Waals surface area contributed by atoms with Crippen molar-refractivity contribution in [3.8, 4) is 0 Å². The Balaban J connectivity index is 1.67. The van der Waals surface area contributed by atoms with E-state index in [1.165, 1.54) is 23.1 Å². The topological polar surface area (TPSA) is 74.8 Å². The molecule has 2 aromatic heterocycles. The third kappa shape index (κ3) is 3.99. The van der Waals surface area contributed by atoms with E-state index < -0.39 is 0 Å². The van der Waals surface area contributed by atoms with Gasteiger partial charge in [-0.05, 0) is 51.0 Å². The predicted octanol–water partition coefficient (Wildman–Crippen LogP) is 4.17. The number of carbonyl (C=O) groups is 1. The van der Waals surface area contributed by atoms with Crippen molar-refractivity contribution in [2.24, 2.45) is 0 Å². The normalized spacial score (nSPS) is 12.3. The Morgan fingerprint density at radius 1 is 1.35 bits per heavy atom. The highest BCUT2D eigenvalue weighted by atomic mass is 32.2. The maximum atomic E-state index is 12.4. The van der Waals surface area contributed by atoms with Crippen LogP contribution in [-0.2, 0) is 10.5 Å². The van der Waals surface area contributed by atoms with Gasteiger partial charge < -0.3 is 10.3 Å². The minimum absolute atomic E-state index is 0.0631. The molecule has 3 rings (SSSR count). The second kappa shape index (κ2) is 7.63. The number of H-pyrrole nitrogens is 1. The number of benzene rings is 1. The molecule has 7 heteroatoms. The molecule has 0 aliphatic rings. The SMILES string of the molecule is Cc1cccc(NC(=O)[C@H](C)SCc2nc3sc(C)c(C)c3c(=O)[nH]2)c1. The van der Waals surface area contributed by atoms with Crippen molar-refractivity contribution in [1.29, 1.82) is 0 Å². The van der Waals surface area contributed by atoms with Gasteiger partial charge in [0.25, 0.3) is 5.56 Å². The number of aryl methyl sites for hydroxylation is 3. The molecule has 136 valence electrons. The molecule has 0 fully saturated rings. The molecule has 1 aromatic carbocycles. The number of amides is 1.